The van der Waals surface area contributed by atoms with Gasteiger partial charge in [0.2, 0.25) is 5.95 Å². The fourth-order valence-corrected chi connectivity index (χ4v) is 3.96. The quantitative estimate of drug-likeness (QED) is 0.389. The van der Waals surface area contributed by atoms with E-state index in [2.05, 4.69) is 67.0 Å². The third kappa shape index (κ3) is 4.73. The number of benzene rings is 2. The van der Waals surface area contributed by atoms with Gasteiger partial charge in [-0.3, -0.25) is 0 Å². The average Bonchev–Trinajstić information content (AvgIpc) is 3.28. The van der Waals surface area contributed by atoms with Gasteiger partial charge in [-0.2, -0.15) is 10.1 Å². The van der Waals surface area contributed by atoms with E-state index < -0.39 is 12.0 Å². The maximum atomic E-state index is 13.0. The second-order valence-electron chi connectivity index (χ2n) is 9.25. The molecule has 1 atom stereocenters. The summed E-state index contributed by atoms with van der Waals surface area (Å²) in [6.07, 6.45) is 3.00. The number of para-hydroxylation sites is 1. The number of rotatable bonds is 7. The first-order valence-electron chi connectivity index (χ1n) is 11.3. The lowest BCUT2D eigenvalue weighted by atomic mass is 9.87. The van der Waals surface area contributed by atoms with Crippen LogP contribution in [0.1, 0.15) is 50.4 Å². The van der Waals surface area contributed by atoms with Gasteiger partial charge in [0.1, 0.15) is 31.3 Å². The Kier molecular flexibility index (Phi) is 6.54. The molecule has 7 nitrogen and oxygen atoms in total. The van der Waals surface area contributed by atoms with Gasteiger partial charge in [-0.25, -0.2) is 9.48 Å². The molecule has 7 heteroatoms. The molecule has 2 aromatic carbocycles. The predicted octanol–water partition coefficient (Wildman–Crippen LogP) is 5.17. The van der Waals surface area contributed by atoms with Gasteiger partial charge in [-0.05, 0) is 29.5 Å². The molecule has 2 heterocycles. The SMILES string of the molecule is C=CCOC(=O)C1=C(C)Nc2ncnn2C1c1ccccc1OCc1ccc(C(C)(C)C)cc1. The van der Waals surface area contributed by atoms with Crippen molar-refractivity contribution in [1.29, 1.82) is 0 Å². The summed E-state index contributed by atoms with van der Waals surface area (Å²) < 4.78 is 13.3. The third-order valence-electron chi connectivity index (χ3n) is 5.77. The van der Waals surface area contributed by atoms with Crippen LogP contribution in [0.25, 0.3) is 0 Å². The van der Waals surface area contributed by atoms with Crippen LogP contribution in [0.15, 0.2) is 78.8 Å². The molecule has 1 aromatic heterocycles. The fraction of sp³-hybridized carbons (Fsp3) is 0.296. The number of ether oxygens (including phenoxy) is 2. The molecule has 34 heavy (non-hydrogen) atoms. The van der Waals surface area contributed by atoms with Crippen LogP contribution >= 0.6 is 0 Å². The van der Waals surface area contributed by atoms with Crippen LogP contribution in [-0.4, -0.2) is 27.3 Å². The van der Waals surface area contributed by atoms with Crippen LogP contribution in [-0.2, 0) is 21.6 Å². The molecule has 0 radical (unpaired) electrons. The highest BCUT2D eigenvalue weighted by molar-refractivity contribution is 5.92. The van der Waals surface area contributed by atoms with Crippen LogP contribution in [0.5, 0.6) is 5.75 Å². The summed E-state index contributed by atoms with van der Waals surface area (Å²) in [6, 6.07) is 15.6. The summed E-state index contributed by atoms with van der Waals surface area (Å²) in [5, 5.41) is 7.52. The molecule has 4 rings (SSSR count). The number of allylic oxidation sites excluding steroid dienone is 1. The standard InChI is InChI=1S/C27H30N4O3/c1-6-15-33-25(32)23-18(2)30-26-28-17-29-31(26)24(23)21-9-7-8-10-22(21)34-16-19-11-13-20(14-12-19)27(3,4)5/h6-14,17,24H,1,15-16H2,2-5H3,(H,28,29,30). The number of hydrogen-bond donors (Lipinski definition) is 1. The number of nitrogens with one attached hydrogen (secondary N) is 1. The van der Waals surface area contributed by atoms with Crippen molar-refractivity contribution < 1.29 is 14.3 Å². The summed E-state index contributed by atoms with van der Waals surface area (Å²) in [4.78, 5) is 17.3. The molecule has 1 aliphatic heterocycles. The Bertz CT molecular complexity index is 1220. The van der Waals surface area contributed by atoms with E-state index in [0.29, 0.717) is 29.6 Å². The molecule has 0 fully saturated rings. The molecule has 0 spiro atoms. The largest absolute Gasteiger partial charge is 0.489 e. The Morgan fingerprint density at radius 2 is 1.91 bits per heavy atom. The number of aromatic nitrogens is 3. The molecular weight excluding hydrogens is 428 g/mol. The Hall–Kier alpha value is -3.87. The van der Waals surface area contributed by atoms with Crippen molar-refractivity contribution in [2.24, 2.45) is 0 Å². The zero-order chi connectivity index (χ0) is 24.3. The van der Waals surface area contributed by atoms with Gasteiger partial charge in [0.15, 0.2) is 0 Å². The molecule has 0 aliphatic carbocycles. The maximum absolute atomic E-state index is 13.0. The first-order valence-corrected chi connectivity index (χ1v) is 11.3. The van der Waals surface area contributed by atoms with Crippen molar-refractivity contribution in [2.75, 3.05) is 11.9 Å². The van der Waals surface area contributed by atoms with E-state index in [4.69, 9.17) is 9.47 Å². The van der Waals surface area contributed by atoms with Crippen molar-refractivity contribution in [1.82, 2.24) is 14.8 Å². The smallest absolute Gasteiger partial charge is 0.338 e. The Morgan fingerprint density at radius 3 is 2.62 bits per heavy atom. The summed E-state index contributed by atoms with van der Waals surface area (Å²) in [7, 11) is 0. The Balaban J connectivity index is 1.66. The molecule has 0 bridgehead atoms. The highest BCUT2D eigenvalue weighted by atomic mass is 16.5. The number of anilines is 1. The van der Waals surface area contributed by atoms with E-state index in [1.807, 2.05) is 31.2 Å². The van der Waals surface area contributed by atoms with Gasteiger partial charge in [0.25, 0.3) is 0 Å². The van der Waals surface area contributed by atoms with Crippen molar-refractivity contribution in [3.63, 3.8) is 0 Å². The minimum atomic E-state index is -0.546. The second kappa shape index (κ2) is 9.55. The lowest BCUT2D eigenvalue weighted by molar-refractivity contribution is -0.138. The number of nitrogens with zero attached hydrogens (tertiary/aromatic N) is 3. The number of carbonyl (C=O) groups is 1. The molecule has 1 unspecified atom stereocenters. The maximum Gasteiger partial charge on any atom is 0.338 e. The molecule has 0 amide bonds. The zero-order valence-corrected chi connectivity index (χ0v) is 20.0. The monoisotopic (exact) mass is 458 g/mol. The normalized spacial score (nSPS) is 15.4. The number of esters is 1. The lowest BCUT2D eigenvalue weighted by Gasteiger charge is -2.29. The highest BCUT2D eigenvalue weighted by Gasteiger charge is 2.35. The van der Waals surface area contributed by atoms with E-state index >= 15 is 0 Å². The van der Waals surface area contributed by atoms with Gasteiger partial charge in [-0.1, -0.05) is 75.9 Å². The zero-order valence-electron chi connectivity index (χ0n) is 20.0. The van der Waals surface area contributed by atoms with Gasteiger partial charge < -0.3 is 14.8 Å². The van der Waals surface area contributed by atoms with E-state index in [1.165, 1.54) is 11.9 Å². The summed E-state index contributed by atoms with van der Waals surface area (Å²) in [5.74, 6) is 0.775. The van der Waals surface area contributed by atoms with Crippen LogP contribution < -0.4 is 10.1 Å². The fourth-order valence-electron chi connectivity index (χ4n) is 3.96. The van der Waals surface area contributed by atoms with Crippen LogP contribution in [0.3, 0.4) is 0 Å². The van der Waals surface area contributed by atoms with Crippen molar-refractivity contribution in [3.8, 4) is 5.75 Å². The second-order valence-corrected chi connectivity index (χ2v) is 9.25. The molecule has 176 valence electrons. The number of hydrogen-bond acceptors (Lipinski definition) is 6. The van der Waals surface area contributed by atoms with Crippen LogP contribution in [0.4, 0.5) is 5.95 Å². The van der Waals surface area contributed by atoms with Crippen molar-refractivity contribution in [2.45, 2.75) is 45.8 Å². The van der Waals surface area contributed by atoms with Gasteiger partial charge in [0, 0.05) is 11.3 Å². The van der Waals surface area contributed by atoms with E-state index in [0.717, 1.165) is 11.1 Å². The average molecular weight is 459 g/mol. The third-order valence-corrected chi connectivity index (χ3v) is 5.77. The molecule has 0 saturated carbocycles. The summed E-state index contributed by atoms with van der Waals surface area (Å²) in [5.41, 5.74) is 4.34. The summed E-state index contributed by atoms with van der Waals surface area (Å²) >= 11 is 0. The number of fused-ring (bicyclic) bond motifs is 1. The van der Waals surface area contributed by atoms with Gasteiger partial charge >= 0.3 is 5.97 Å². The van der Waals surface area contributed by atoms with Crippen LogP contribution in [0, 0.1) is 0 Å². The van der Waals surface area contributed by atoms with Crippen LogP contribution in [0.2, 0.25) is 0 Å². The molecule has 3 aromatic rings. The van der Waals surface area contributed by atoms with E-state index in [1.54, 1.807) is 10.8 Å². The number of carbonyl (C=O) groups excluding carboxylic acids is 1. The predicted molar refractivity (Wildman–Crippen MR) is 132 cm³/mol. The van der Waals surface area contributed by atoms with Crippen molar-refractivity contribution in [3.05, 3.63) is 95.5 Å². The van der Waals surface area contributed by atoms with Gasteiger partial charge in [0.05, 0.1) is 5.57 Å². The van der Waals surface area contributed by atoms with Crippen molar-refractivity contribution >= 4 is 11.9 Å². The minimum Gasteiger partial charge on any atom is -0.489 e. The molecule has 1 aliphatic rings. The Morgan fingerprint density at radius 1 is 1.18 bits per heavy atom. The summed E-state index contributed by atoms with van der Waals surface area (Å²) in [6.45, 7) is 12.6. The van der Waals surface area contributed by atoms with E-state index in [9.17, 15) is 4.79 Å². The first-order chi connectivity index (χ1) is 16.3. The first kappa shape index (κ1) is 23.3. The lowest BCUT2D eigenvalue weighted by Crippen LogP contribution is -2.30. The minimum absolute atomic E-state index is 0.0946. The van der Waals surface area contributed by atoms with E-state index in [-0.39, 0.29) is 12.0 Å². The topological polar surface area (TPSA) is 78.3 Å². The molecule has 0 saturated heterocycles. The Labute approximate surface area is 200 Å². The molecular formula is C27H30N4O3. The molecule has 1 N–H and O–H groups in total. The van der Waals surface area contributed by atoms with Gasteiger partial charge in [-0.15, -0.1) is 0 Å². The highest BCUT2D eigenvalue weighted by Crippen LogP contribution is 2.39.